The highest BCUT2D eigenvalue weighted by atomic mass is 32.2. The Morgan fingerprint density at radius 1 is 1.04 bits per heavy atom. The van der Waals surface area contributed by atoms with Crippen LogP contribution in [0.3, 0.4) is 0 Å². The van der Waals surface area contributed by atoms with Gasteiger partial charge in [-0.3, -0.25) is 4.90 Å². The van der Waals surface area contributed by atoms with Crippen LogP contribution in [0.5, 0.6) is 0 Å². The van der Waals surface area contributed by atoms with Gasteiger partial charge in [-0.1, -0.05) is 37.5 Å². The van der Waals surface area contributed by atoms with Gasteiger partial charge in [0.15, 0.2) is 0 Å². The minimum absolute atomic E-state index is 0.285. The molecular formula is C21H36N2S. The van der Waals surface area contributed by atoms with Gasteiger partial charge in [-0.15, -0.1) is 11.8 Å². The zero-order valence-electron chi connectivity index (χ0n) is 15.9. The lowest BCUT2D eigenvalue weighted by Crippen LogP contribution is -2.51. The highest BCUT2D eigenvalue weighted by Crippen LogP contribution is 2.27. The van der Waals surface area contributed by atoms with E-state index in [1.54, 1.807) is 0 Å². The summed E-state index contributed by atoms with van der Waals surface area (Å²) in [6, 6.07) is 11.5. The van der Waals surface area contributed by atoms with Crippen LogP contribution in [-0.4, -0.2) is 41.9 Å². The van der Waals surface area contributed by atoms with Crippen LogP contribution < -0.4 is 5.32 Å². The van der Waals surface area contributed by atoms with Crippen molar-refractivity contribution in [3.63, 3.8) is 0 Å². The second-order valence-corrected chi connectivity index (χ2v) is 9.09. The summed E-state index contributed by atoms with van der Waals surface area (Å²) in [5, 5.41) is 3.66. The van der Waals surface area contributed by atoms with E-state index in [0.717, 1.165) is 19.1 Å². The van der Waals surface area contributed by atoms with Crippen LogP contribution in [-0.2, 0) is 0 Å². The SMILES string of the molecule is CC(C)(C)N(CCNCCCSc1ccccc1)C1CCCCC1. The summed E-state index contributed by atoms with van der Waals surface area (Å²) >= 11 is 1.96. The first-order chi connectivity index (χ1) is 11.6. The molecule has 1 saturated carbocycles. The first-order valence-corrected chi connectivity index (χ1v) is 10.7. The van der Waals surface area contributed by atoms with Crippen molar-refractivity contribution in [3.8, 4) is 0 Å². The molecule has 1 aliphatic carbocycles. The largest absolute Gasteiger partial charge is 0.315 e. The number of hydrogen-bond acceptors (Lipinski definition) is 3. The predicted octanol–water partition coefficient (Wildman–Crippen LogP) is 5.19. The summed E-state index contributed by atoms with van der Waals surface area (Å²) in [6.07, 6.45) is 8.29. The first-order valence-electron chi connectivity index (χ1n) is 9.73. The molecule has 0 aliphatic heterocycles. The maximum Gasteiger partial charge on any atom is 0.0128 e. The number of benzene rings is 1. The molecule has 0 bridgehead atoms. The molecule has 2 rings (SSSR count). The van der Waals surface area contributed by atoms with E-state index >= 15 is 0 Å². The molecule has 136 valence electrons. The van der Waals surface area contributed by atoms with Gasteiger partial charge in [-0.25, -0.2) is 0 Å². The number of thioether (sulfide) groups is 1. The van der Waals surface area contributed by atoms with E-state index in [0.29, 0.717) is 0 Å². The lowest BCUT2D eigenvalue weighted by molar-refractivity contribution is 0.0615. The molecule has 0 aromatic heterocycles. The maximum absolute atomic E-state index is 3.66. The van der Waals surface area contributed by atoms with Crippen molar-refractivity contribution in [1.29, 1.82) is 0 Å². The molecule has 1 N–H and O–H groups in total. The molecule has 1 aromatic carbocycles. The molecule has 0 unspecified atom stereocenters. The van der Waals surface area contributed by atoms with Crippen molar-refractivity contribution in [3.05, 3.63) is 30.3 Å². The molecule has 1 aliphatic rings. The minimum Gasteiger partial charge on any atom is -0.315 e. The Kier molecular flexibility index (Phi) is 8.65. The van der Waals surface area contributed by atoms with Crippen molar-refractivity contribution in [2.75, 3.05) is 25.4 Å². The van der Waals surface area contributed by atoms with Gasteiger partial charge in [0.25, 0.3) is 0 Å². The lowest BCUT2D eigenvalue weighted by atomic mass is 9.90. The van der Waals surface area contributed by atoms with E-state index in [1.807, 2.05) is 11.8 Å². The Hall–Kier alpha value is -0.510. The molecule has 0 spiro atoms. The third kappa shape index (κ3) is 7.16. The zero-order valence-corrected chi connectivity index (χ0v) is 16.7. The maximum atomic E-state index is 3.66. The number of nitrogens with zero attached hydrogens (tertiary/aromatic N) is 1. The lowest BCUT2D eigenvalue weighted by Gasteiger charge is -2.43. The van der Waals surface area contributed by atoms with Crippen molar-refractivity contribution in [2.45, 2.75) is 75.8 Å². The standard InChI is InChI=1S/C21H36N2S/c1-21(2,3)23(19-11-6-4-7-12-19)17-16-22-15-10-18-24-20-13-8-5-9-14-20/h5,8-9,13-14,19,22H,4,6-7,10-12,15-18H2,1-3H3. The molecule has 0 amide bonds. The molecule has 2 nitrogen and oxygen atoms in total. The summed E-state index contributed by atoms with van der Waals surface area (Å²) in [5.41, 5.74) is 0.285. The van der Waals surface area contributed by atoms with Crippen LogP contribution in [0.15, 0.2) is 35.2 Å². The van der Waals surface area contributed by atoms with Crippen molar-refractivity contribution >= 4 is 11.8 Å². The fraction of sp³-hybridized carbons (Fsp3) is 0.714. The van der Waals surface area contributed by atoms with Crippen LogP contribution in [0.2, 0.25) is 0 Å². The van der Waals surface area contributed by atoms with Crippen molar-refractivity contribution < 1.29 is 0 Å². The second-order valence-electron chi connectivity index (χ2n) is 7.92. The molecule has 0 heterocycles. The third-order valence-corrected chi connectivity index (χ3v) is 6.01. The average Bonchev–Trinajstić information content (AvgIpc) is 2.58. The minimum atomic E-state index is 0.285. The van der Waals surface area contributed by atoms with Crippen LogP contribution >= 0.6 is 11.8 Å². The van der Waals surface area contributed by atoms with Gasteiger partial charge >= 0.3 is 0 Å². The van der Waals surface area contributed by atoms with E-state index in [1.165, 1.54) is 55.7 Å². The van der Waals surface area contributed by atoms with Gasteiger partial charge in [0.05, 0.1) is 0 Å². The Morgan fingerprint density at radius 2 is 1.75 bits per heavy atom. The van der Waals surface area contributed by atoms with E-state index in [9.17, 15) is 0 Å². The van der Waals surface area contributed by atoms with E-state index in [-0.39, 0.29) is 5.54 Å². The smallest absolute Gasteiger partial charge is 0.0128 e. The van der Waals surface area contributed by atoms with Crippen molar-refractivity contribution in [1.82, 2.24) is 10.2 Å². The van der Waals surface area contributed by atoms with Gasteiger partial charge in [-0.05, 0) is 64.5 Å². The van der Waals surface area contributed by atoms with Gasteiger partial charge in [0.1, 0.15) is 0 Å². The monoisotopic (exact) mass is 348 g/mol. The Balaban J connectivity index is 1.60. The highest BCUT2D eigenvalue weighted by Gasteiger charge is 2.29. The third-order valence-electron chi connectivity index (χ3n) is 4.92. The Morgan fingerprint density at radius 3 is 2.42 bits per heavy atom. The van der Waals surface area contributed by atoms with E-state index in [2.05, 4.69) is 61.3 Å². The van der Waals surface area contributed by atoms with Crippen LogP contribution in [0.1, 0.15) is 59.3 Å². The van der Waals surface area contributed by atoms with Crippen molar-refractivity contribution in [2.24, 2.45) is 0 Å². The topological polar surface area (TPSA) is 15.3 Å². The predicted molar refractivity (Wildman–Crippen MR) is 108 cm³/mol. The molecule has 1 fully saturated rings. The molecule has 3 heteroatoms. The molecular weight excluding hydrogens is 312 g/mol. The van der Waals surface area contributed by atoms with E-state index in [4.69, 9.17) is 0 Å². The molecule has 1 aromatic rings. The zero-order chi connectivity index (χ0) is 17.3. The molecule has 0 atom stereocenters. The fourth-order valence-electron chi connectivity index (χ4n) is 3.69. The highest BCUT2D eigenvalue weighted by molar-refractivity contribution is 7.99. The Bertz CT molecular complexity index is 435. The summed E-state index contributed by atoms with van der Waals surface area (Å²) in [7, 11) is 0. The van der Waals surface area contributed by atoms with Crippen LogP contribution in [0, 0.1) is 0 Å². The molecule has 0 saturated heterocycles. The summed E-state index contributed by atoms with van der Waals surface area (Å²) in [5.74, 6) is 1.20. The number of rotatable bonds is 9. The number of nitrogens with one attached hydrogen (secondary N) is 1. The fourth-order valence-corrected chi connectivity index (χ4v) is 4.56. The summed E-state index contributed by atoms with van der Waals surface area (Å²) in [4.78, 5) is 4.13. The van der Waals surface area contributed by atoms with Gasteiger partial charge < -0.3 is 5.32 Å². The van der Waals surface area contributed by atoms with Gasteiger partial charge in [0, 0.05) is 29.6 Å². The van der Waals surface area contributed by atoms with Crippen LogP contribution in [0.4, 0.5) is 0 Å². The van der Waals surface area contributed by atoms with Crippen LogP contribution in [0.25, 0.3) is 0 Å². The summed E-state index contributed by atoms with van der Waals surface area (Å²) in [6.45, 7) is 10.5. The first kappa shape index (κ1) is 19.8. The van der Waals surface area contributed by atoms with Gasteiger partial charge in [-0.2, -0.15) is 0 Å². The van der Waals surface area contributed by atoms with E-state index < -0.39 is 0 Å². The van der Waals surface area contributed by atoms with Gasteiger partial charge in [0.2, 0.25) is 0 Å². The normalized spacial score (nSPS) is 16.7. The second kappa shape index (κ2) is 10.5. The Labute approximate surface area is 153 Å². The average molecular weight is 349 g/mol. The molecule has 0 radical (unpaired) electrons. The summed E-state index contributed by atoms with van der Waals surface area (Å²) < 4.78 is 0. The molecule has 24 heavy (non-hydrogen) atoms. The quantitative estimate of drug-likeness (QED) is 0.488. The number of hydrogen-bond donors (Lipinski definition) is 1.